The summed E-state index contributed by atoms with van der Waals surface area (Å²) in [5.74, 6) is 4.04. The van der Waals surface area contributed by atoms with Crippen molar-refractivity contribution in [3.05, 3.63) is 156 Å². The van der Waals surface area contributed by atoms with Gasteiger partial charge >= 0.3 is 11.9 Å². The second-order valence-electron chi connectivity index (χ2n) is 14.3. The summed E-state index contributed by atoms with van der Waals surface area (Å²) >= 11 is 1.48. The Kier molecular flexibility index (Phi) is 14.9. The molecule has 1 heterocycles. The van der Waals surface area contributed by atoms with E-state index in [-0.39, 0.29) is 42.6 Å². The first kappa shape index (κ1) is 43.7. The lowest BCUT2D eigenvalue weighted by Gasteiger charge is -2.13. The highest BCUT2D eigenvalue weighted by Crippen LogP contribution is 2.35. The molecule has 0 aliphatic rings. The largest absolute Gasteiger partial charge is 0.490 e. The molecule has 7 aromatic rings. The molecule has 0 amide bonds. The topological polar surface area (TPSA) is 111 Å². The second kappa shape index (κ2) is 21.4. The number of nitrogens with one attached hydrogen (secondary N) is 2. The lowest BCUT2D eigenvalue weighted by atomic mass is 9.93. The number of unbranched alkanes of at least 4 members (excludes halogenated alkanes) is 2. The van der Waals surface area contributed by atoms with Crippen molar-refractivity contribution in [3.8, 4) is 39.8 Å². The van der Waals surface area contributed by atoms with Crippen LogP contribution in [-0.4, -0.2) is 49.5 Å². The van der Waals surface area contributed by atoms with E-state index < -0.39 is 23.6 Å². The summed E-state index contributed by atoms with van der Waals surface area (Å²) in [5, 5.41) is 8.86. The van der Waals surface area contributed by atoms with Crippen LogP contribution in [0.15, 0.2) is 133 Å². The van der Waals surface area contributed by atoms with E-state index in [9.17, 15) is 9.59 Å². The molecule has 0 radical (unpaired) electrons. The first-order valence-electron chi connectivity index (χ1n) is 20.5. The molecule has 0 aliphatic heterocycles. The van der Waals surface area contributed by atoms with Crippen LogP contribution in [-0.2, 0) is 19.1 Å². The zero-order valence-electron chi connectivity index (χ0n) is 34.6. The zero-order chi connectivity index (χ0) is 44.0. The number of hydrogen-bond donors (Lipinski definition) is 2. The molecule has 63 heavy (non-hydrogen) atoms. The number of thiazole rings is 1. The summed E-state index contributed by atoms with van der Waals surface area (Å²) in [6, 6.07) is 34.9. The molecule has 0 aliphatic carbocycles. The fourth-order valence-electron chi connectivity index (χ4n) is 6.65. The fraction of sp³-hybridized carbons (Fsp3) is 0.176. The lowest BCUT2D eigenvalue weighted by molar-refractivity contribution is -0.147. The van der Waals surface area contributed by atoms with Crippen LogP contribution in [0.1, 0.15) is 49.3 Å². The number of aromatic nitrogens is 1. The van der Waals surface area contributed by atoms with Crippen molar-refractivity contribution in [2.45, 2.75) is 32.6 Å². The molecule has 0 fully saturated rings. The van der Waals surface area contributed by atoms with Gasteiger partial charge in [0.25, 0.3) is 0 Å². The maximum Gasteiger partial charge on any atom is 0.330 e. The van der Waals surface area contributed by atoms with Gasteiger partial charge in [0.05, 0.1) is 28.4 Å². The van der Waals surface area contributed by atoms with Crippen LogP contribution in [0.4, 0.5) is 19.6 Å². The van der Waals surface area contributed by atoms with Crippen LogP contribution in [0.5, 0.6) is 5.75 Å². The molecular weight excluding hydrogens is 819 g/mol. The summed E-state index contributed by atoms with van der Waals surface area (Å²) in [4.78, 5) is 27.4. The van der Waals surface area contributed by atoms with Crippen molar-refractivity contribution in [1.29, 1.82) is 0 Å². The summed E-state index contributed by atoms with van der Waals surface area (Å²) in [6.07, 6.45) is 6.05. The molecule has 0 atom stereocenters. The van der Waals surface area contributed by atoms with Gasteiger partial charge in [0.2, 0.25) is 5.13 Å². The SMILES string of the molecule is C=CC(=O)OCCC(=O)OCCOc1ccc(C#Cc2ccc3c(F)c(-c4ccc(-c5ccc(NCCCCC)cc5)cc4/C=N/Nc4nc5ccccc5s4)ccc3c2F)cc1. The Morgan fingerprint density at radius 1 is 0.810 bits per heavy atom. The summed E-state index contributed by atoms with van der Waals surface area (Å²) in [6.45, 7) is 6.41. The number of para-hydroxylation sites is 1. The second-order valence-corrected chi connectivity index (χ2v) is 15.3. The molecule has 2 N–H and O–H groups in total. The minimum absolute atomic E-state index is 0.0106. The van der Waals surface area contributed by atoms with Crippen molar-refractivity contribution in [2.75, 3.05) is 37.1 Å². The highest BCUT2D eigenvalue weighted by Gasteiger charge is 2.17. The van der Waals surface area contributed by atoms with Gasteiger partial charge in [-0.05, 0) is 89.8 Å². The predicted octanol–water partition coefficient (Wildman–Crippen LogP) is 11.6. The van der Waals surface area contributed by atoms with Gasteiger partial charge in [0.15, 0.2) is 0 Å². The monoisotopic (exact) mass is 862 g/mol. The number of ether oxygens (including phenoxy) is 3. The Labute approximate surface area is 368 Å². The van der Waals surface area contributed by atoms with Crippen molar-refractivity contribution >= 4 is 61.3 Å². The Balaban J connectivity index is 1.07. The van der Waals surface area contributed by atoms with Crippen molar-refractivity contribution in [2.24, 2.45) is 5.10 Å². The Hall–Kier alpha value is -7.36. The van der Waals surface area contributed by atoms with E-state index in [1.54, 1.807) is 48.7 Å². The third-order valence-corrected chi connectivity index (χ3v) is 10.9. The molecule has 1 aromatic heterocycles. The lowest BCUT2D eigenvalue weighted by Crippen LogP contribution is -2.14. The maximum absolute atomic E-state index is 16.6. The average Bonchev–Trinajstić information content (AvgIpc) is 3.73. The zero-order valence-corrected chi connectivity index (χ0v) is 35.4. The van der Waals surface area contributed by atoms with Crippen LogP contribution in [0.2, 0.25) is 0 Å². The molecule has 6 aromatic carbocycles. The van der Waals surface area contributed by atoms with Crippen LogP contribution < -0.4 is 15.5 Å². The number of carbonyl (C=O) groups is 2. The van der Waals surface area contributed by atoms with E-state index in [0.29, 0.717) is 33.1 Å². The molecule has 12 heteroatoms. The van der Waals surface area contributed by atoms with Crippen molar-refractivity contribution < 1.29 is 32.6 Å². The minimum Gasteiger partial charge on any atom is -0.490 e. The third-order valence-electron chi connectivity index (χ3n) is 9.92. The normalized spacial score (nSPS) is 11.0. The number of nitrogens with zero attached hydrogens (tertiary/aromatic N) is 2. The first-order valence-corrected chi connectivity index (χ1v) is 21.3. The van der Waals surface area contributed by atoms with E-state index >= 15 is 8.78 Å². The number of hydrazone groups is 1. The summed E-state index contributed by atoms with van der Waals surface area (Å²) in [7, 11) is 0. The molecule has 0 saturated carbocycles. The van der Waals surface area contributed by atoms with Crippen LogP contribution in [0, 0.1) is 23.5 Å². The number of anilines is 2. The Bertz CT molecular complexity index is 2800. The van der Waals surface area contributed by atoms with Gasteiger partial charge in [-0.25, -0.2) is 18.6 Å². The quantitative estimate of drug-likeness (QED) is 0.0219. The number of halogens is 2. The van der Waals surface area contributed by atoms with E-state index in [4.69, 9.17) is 14.2 Å². The van der Waals surface area contributed by atoms with E-state index in [1.807, 2.05) is 42.5 Å². The van der Waals surface area contributed by atoms with Crippen LogP contribution in [0.3, 0.4) is 0 Å². The average molecular weight is 863 g/mol. The van der Waals surface area contributed by atoms with E-state index in [0.717, 1.165) is 46.1 Å². The number of fused-ring (bicyclic) bond motifs is 2. The van der Waals surface area contributed by atoms with Gasteiger partial charge in [-0.3, -0.25) is 10.2 Å². The predicted molar refractivity (Wildman–Crippen MR) is 248 cm³/mol. The standard InChI is InChI=1S/C51H44F2N4O5S/c1-3-5-8-28-54-39-19-15-35(16-20-39)37-18-23-41(38(32-37)33-55-57-51-56-45-9-6-7-10-46(45)63-51)42-25-26-43-44(50(42)53)24-17-36(49(43)52)14-11-34-12-21-40(22-13-34)60-30-31-62-48(59)27-29-61-47(58)4-2/h4,6-7,9-10,12-13,15-26,32-33,54H,2-3,5,8,27-31H2,1H3,(H,56,57)/b55-33+. The molecule has 0 spiro atoms. The number of carbonyl (C=O) groups excluding carboxylic acids is 2. The molecule has 9 nitrogen and oxygen atoms in total. The highest BCUT2D eigenvalue weighted by molar-refractivity contribution is 7.22. The van der Waals surface area contributed by atoms with Crippen LogP contribution in [0.25, 0.3) is 43.2 Å². The summed E-state index contributed by atoms with van der Waals surface area (Å²) < 4.78 is 49.0. The van der Waals surface area contributed by atoms with Gasteiger partial charge < -0.3 is 19.5 Å². The maximum atomic E-state index is 16.6. The van der Waals surface area contributed by atoms with Crippen molar-refractivity contribution in [1.82, 2.24) is 4.98 Å². The third kappa shape index (κ3) is 11.5. The highest BCUT2D eigenvalue weighted by atomic mass is 32.1. The molecular formula is C51H44F2N4O5S. The number of esters is 2. The number of benzene rings is 6. The molecule has 0 unspecified atom stereocenters. The smallest absolute Gasteiger partial charge is 0.330 e. The van der Waals surface area contributed by atoms with E-state index in [2.05, 4.69) is 70.4 Å². The van der Waals surface area contributed by atoms with Crippen molar-refractivity contribution in [3.63, 3.8) is 0 Å². The van der Waals surface area contributed by atoms with Crippen LogP contribution >= 0.6 is 11.3 Å². The molecule has 318 valence electrons. The Morgan fingerprint density at radius 2 is 1.57 bits per heavy atom. The Morgan fingerprint density at radius 3 is 2.37 bits per heavy atom. The fourth-order valence-corrected chi connectivity index (χ4v) is 7.47. The minimum atomic E-state index is -0.626. The summed E-state index contributed by atoms with van der Waals surface area (Å²) in [5.41, 5.74) is 9.15. The van der Waals surface area contributed by atoms with E-state index in [1.165, 1.54) is 30.2 Å². The first-order chi connectivity index (χ1) is 30.8. The van der Waals surface area contributed by atoms with Gasteiger partial charge in [-0.1, -0.05) is 98.1 Å². The van der Waals surface area contributed by atoms with Gasteiger partial charge in [0.1, 0.15) is 37.2 Å². The van der Waals surface area contributed by atoms with Gasteiger partial charge in [-0.15, -0.1) is 0 Å². The van der Waals surface area contributed by atoms with Gasteiger partial charge in [-0.2, -0.15) is 5.10 Å². The molecule has 7 rings (SSSR count). The van der Waals surface area contributed by atoms with Gasteiger partial charge in [0, 0.05) is 45.8 Å². The number of hydrogen-bond acceptors (Lipinski definition) is 10. The molecule has 0 bridgehead atoms. The number of rotatable bonds is 18. The molecule has 0 saturated heterocycles.